The number of rotatable bonds is 4. The van der Waals surface area contributed by atoms with Crippen LogP contribution in [0.2, 0.25) is 0 Å². The van der Waals surface area contributed by atoms with Crippen LogP contribution < -0.4 is 5.56 Å². The Bertz CT molecular complexity index is 1130. The summed E-state index contributed by atoms with van der Waals surface area (Å²) in [6.07, 6.45) is 1.46. The Kier molecular flexibility index (Phi) is 5.14. The minimum absolute atomic E-state index is 0.147. The van der Waals surface area contributed by atoms with E-state index >= 15 is 0 Å². The van der Waals surface area contributed by atoms with Gasteiger partial charge in [-0.3, -0.25) is 14.9 Å². The Morgan fingerprint density at radius 1 is 1.19 bits per heavy atom. The minimum Gasteiger partial charge on any atom is -0.478 e. The first kappa shape index (κ1) is 18.8. The number of aliphatic imine (C=N–C) groups is 1. The fourth-order valence-corrected chi connectivity index (χ4v) is 3.18. The maximum Gasteiger partial charge on any atom is 0.335 e. The number of carboxylic acid groups (broad SMARTS) is 1. The summed E-state index contributed by atoms with van der Waals surface area (Å²) in [7, 11) is 0. The molecule has 2 aromatic carbocycles. The molecule has 6 nitrogen and oxygen atoms in total. The van der Waals surface area contributed by atoms with Gasteiger partial charge in [0.1, 0.15) is 0 Å². The molecule has 0 aliphatic heterocycles. The Hall–Kier alpha value is -2.93. The Balaban J connectivity index is 2.03. The lowest BCUT2D eigenvalue weighted by atomic mass is 10.1. The van der Waals surface area contributed by atoms with E-state index in [1.165, 1.54) is 23.0 Å². The van der Waals surface area contributed by atoms with Gasteiger partial charge in [-0.1, -0.05) is 22.0 Å². The predicted octanol–water partition coefficient (Wildman–Crippen LogP) is 4.30. The lowest BCUT2D eigenvalue weighted by molar-refractivity contribution is 0.0697. The summed E-state index contributed by atoms with van der Waals surface area (Å²) >= 11 is 3.50. The summed E-state index contributed by atoms with van der Waals surface area (Å²) in [6, 6.07) is 10.0. The summed E-state index contributed by atoms with van der Waals surface area (Å²) in [6.45, 7) is 5.75. The number of nitrogens with one attached hydrogen (secondary N) is 1. The molecule has 1 heterocycles. The molecule has 2 N–H and O–H groups in total. The number of H-pyrrole nitrogens is 1. The van der Waals surface area contributed by atoms with Crippen LogP contribution in [0.15, 0.2) is 50.7 Å². The molecule has 0 amide bonds. The molecule has 3 rings (SSSR count). The van der Waals surface area contributed by atoms with Crippen molar-refractivity contribution in [3.63, 3.8) is 0 Å². The Morgan fingerprint density at radius 2 is 1.93 bits per heavy atom. The van der Waals surface area contributed by atoms with E-state index in [0.717, 1.165) is 21.3 Å². The fourth-order valence-electron chi connectivity index (χ4n) is 2.76. The molecule has 0 unspecified atom stereocenters. The number of hydrogen-bond acceptors (Lipinski definition) is 3. The highest BCUT2D eigenvalue weighted by Crippen LogP contribution is 2.24. The van der Waals surface area contributed by atoms with Crippen LogP contribution in [-0.2, 0) is 0 Å². The number of nitrogens with zero attached hydrogens (tertiary/aromatic N) is 2. The summed E-state index contributed by atoms with van der Waals surface area (Å²) in [5, 5.41) is 12.2. The van der Waals surface area contributed by atoms with Crippen molar-refractivity contribution < 1.29 is 9.90 Å². The van der Waals surface area contributed by atoms with Gasteiger partial charge in [-0.25, -0.2) is 9.48 Å². The van der Waals surface area contributed by atoms with Gasteiger partial charge in [0, 0.05) is 16.4 Å². The van der Waals surface area contributed by atoms with Crippen LogP contribution in [0, 0.1) is 20.8 Å². The number of aromatic amines is 1. The summed E-state index contributed by atoms with van der Waals surface area (Å²) < 4.78 is 2.49. The fraction of sp³-hybridized carbons (Fsp3) is 0.150. The highest BCUT2D eigenvalue weighted by molar-refractivity contribution is 9.10. The second kappa shape index (κ2) is 7.36. The molecular formula is C20H18BrN3O3. The first-order valence-corrected chi connectivity index (χ1v) is 9.04. The molecule has 138 valence electrons. The second-order valence-electron chi connectivity index (χ2n) is 6.22. The number of aryl methyl sites for hydroxylation is 1. The zero-order valence-electron chi connectivity index (χ0n) is 15.1. The molecule has 7 heteroatoms. The third kappa shape index (κ3) is 3.64. The number of aromatic carboxylic acids is 1. The van der Waals surface area contributed by atoms with Gasteiger partial charge < -0.3 is 5.11 Å². The van der Waals surface area contributed by atoms with Gasteiger partial charge in [0.05, 0.1) is 22.5 Å². The largest absolute Gasteiger partial charge is 0.478 e. The van der Waals surface area contributed by atoms with Crippen LogP contribution in [0.4, 0.5) is 5.69 Å². The SMILES string of the molecule is Cc1[nH]n(-c2ccc(Br)c(C)c2C)c(=O)c1C=Nc1cccc(C(=O)O)c1. The van der Waals surface area contributed by atoms with Crippen molar-refractivity contribution in [1.82, 2.24) is 9.78 Å². The molecule has 3 aromatic rings. The van der Waals surface area contributed by atoms with Gasteiger partial charge >= 0.3 is 5.97 Å². The number of carboxylic acids is 1. The lowest BCUT2D eigenvalue weighted by Crippen LogP contribution is -2.18. The maximum absolute atomic E-state index is 12.9. The first-order chi connectivity index (χ1) is 12.8. The third-order valence-electron chi connectivity index (χ3n) is 4.49. The van der Waals surface area contributed by atoms with E-state index < -0.39 is 5.97 Å². The van der Waals surface area contributed by atoms with Gasteiger partial charge in [0.15, 0.2) is 0 Å². The van der Waals surface area contributed by atoms with Gasteiger partial charge in [-0.05, 0) is 62.2 Å². The smallest absolute Gasteiger partial charge is 0.335 e. The quantitative estimate of drug-likeness (QED) is 0.608. The first-order valence-electron chi connectivity index (χ1n) is 8.24. The standard InChI is InChI=1S/C20H18BrN3O3/c1-11-12(2)18(8-7-17(11)21)24-19(25)16(13(3)23-24)10-22-15-6-4-5-14(9-15)20(26)27/h4-10,23H,1-3H3,(H,26,27). The molecule has 0 saturated carbocycles. The van der Waals surface area contributed by atoms with Crippen LogP contribution in [0.5, 0.6) is 0 Å². The molecule has 0 bridgehead atoms. The van der Waals surface area contributed by atoms with Crippen molar-refractivity contribution in [1.29, 1.82) is 0 Å². The van der Waals surface area contributed by atoms with Gasteiger partial charge in [-0.2, -0.15) is 0 Å². The summed E-state index contributed by atoms with van der Waals surface area (Å²) in [5.41, 5.74) is 4.34. The van der Waals surface area contributed by atoms with Crippen molar-refractivity contribution in [3.8, 4) is 5.69 Å². The molecule has 0 saturated heterocycles. The predicted molar refractivity (Wildman–Crippen MR) is 109 cm³/mol. The maximum atomic E-state index is 12.9. The molecule has 0 atom stereocenters. The zero-order valence-corrected chi connectivity index (χ0v) is 16.7. The average molecular weight is 428 g/mol. The highest BCUT2D eigenvalue weighted by Gasteiger charge is 2.14. The second-order valence-corrected chi connectivity index (χ2v) is 7.08. The van der Waals surface area contributed by atoms with Gasteiger partial charge in [-0.15, -0.1) is 0 Å². The van der Waals surface area contributed by atoms with E-state index in [1.54, 1.807) is 19.1 Å². The average Bonchev–Trinajstić information content (AvgIpc) is 2.92. The number of carbonyl (C=O) groups is 1. The van der Waals surface area contributed by atoms with Crippen molar-refractivity contribution >= 4 is 33.8 Å². The monoisotopic (exact) mass is 427 g/mol. The number of benzene rings is 2. The van der Waals surface area contributed by atoms with Crippen LogP contribution in [0.3, 0.4) is 0 Å². The third-order valence-corrected chi connectivity index (χ3v) is 5.35. The van der Waals surface area contributed by atoms with Crippen LogP contribution >= 0.6 is 15.9 Å². The van der Waals surface area contributed by atoms with Gasteiger partial charge in [0.2, 0.25) is 0 Å². The lowest BCUT2D eigenvalue weighted by Gasteiger charge is -2.10. The molecule has 0 aliphatic rings. The van der Waals surface area contributed by atoms with Crippen molar-refractivity contribution in [2.75, 3.05) is 0 Å². The Morgan fingerprint density at radius 3 is 2.63 bits per heavy atom. The summed E-state index contributed by atoms with van der Waals surface area (Å²) in [5.74, 6) is -1.02. The normalized spacial score (nSPS) is 11.3. The molecule has 1 aromatic heterocycles. The van der Waals surface area contributed by atoms with E-state index in [4.69, 9.17) is 5.11 Å². The highest BCUT2D eigenvalue weighted by atomic mass is 79.9. The van der Waals surface area contributed by atoms with Crippen molar-refractivity contribution in [2.24, 2.45) is 4.99 Å². The van der Waals surface area contributed by atoms with Crippen LogP contribution in [-0.4, -0.2) is 27.1 Å². The van der Waals surface area contributed by atoms with Crippen molar-refractivity contribution in [3.05, 3.63) is 79.2 Å². The summed E-state index contributed by atoms with van der Waals surface area (Å²) in [4.78, 5) is 28.2. The number of aromatic nitrogens is 2. The molecule has 0 aliphatic carbocycles. The number of hydrogen-bond donors (Lipinski definition) is 2. The van der Waals surface area contributed by atoms with E-state index in [2.05, 4.69) is 26.0 Å². The zero-order chi connectivity index (χ0) is 19.7. The molecular weight excluding hydrogens is 410 g/mol. The van der Waals surface area contributed by atoms with E-state index in [-0.39, 0.29) is 11.1 Å². The molecule has 27 heavy (non-hydrogen) atoms. The van der Waals surface area contributed by atoms with E-state index in [0.29, 0.717) is 16.9 Å². The van der Waals surface area contributed by atoms with E-state index in [1.807, 2.05) is 26.0 Å². The molecule has 0 radical (unpaired) electrons. The number of halogens is 1. The topological polar surface area (TPSA) is 87.5 Å². The van der Waals surface area contributed by atoms with Crippen LogP contribution in [0.1, 0.15) is 32.7 Å². The molecule has 0 fully saturated rings. The van der Waals surface area contributed by atoms with Crippen molar-refractivity contribution in [2.45, 2.75) is 20.8 Å². The van der Waals surface area contributed by atoms with Crippen LogP contribution in [0.25, 0.3) is 5.69 Å². The Labute approximate surface area is 164 Å². The molecule has 0 spiro atoms. The van der Waals surface area contributed by atoms with Gasteiger partial charge in [0.25, 0.3) is 5.56 Å². The minimum atomic E-state index is -1.02. The van der Waals surface area contributed by atoms with E-state index in [9.17, 15) is 9.59 Å².